The lowest BCUT2D eigenvalue weighted by molar-refractivity contribution is -0.115. The summed E-state index contributed by atoms with van der Waals surface area (Å²) in [6.07, 6.45) is 3.28. The first-order valence-electron chi connectivity index (χ1n) is 7.53. The van der Waals surface area contributed by atoms with E-state index in [1.165, 1.54) is 11.1 Å². The maximum atomic E-state index is 12.0. The first-order valence-corrected chi connectivity index (χ1v) is 7.91. The molecule has 0 atom stereocenters. The van der Waals surface area contributed by atoms with Gasteiger partial charge in [0.1, 0.15) is 11.5 Å². The van der Waals surface area contributed by atoms with Gasteiger partial charge in [-0.05, 0) is 42.2 Å². The number of nitrogens with zero attached hydrogens (tertiary/aromatic N) is 1. The minimum absolute atomic E-state index is 0.176. The summed E-state index contributed by atoms with van der Waals surface area (Å²) in [7, 11) is 0. The molecule has 23 heavy (non-hydrogen) atoms. The van der Waals surface area contributed by atoms with Gasteiger partial charge in [0.2, 0.25) is 0 Å². The van der Waals surface area contributed by atoms with E-state index < -0.39 is 0 Å². The summed E-state index contributed by atoms with van der Waals surface area (Å²) in [5.74, 6) is 0.529. The molecular weight excluding hydrogens is 308 g/mol. The molecule has 0 unspecified atom stereocenters. The number of carbonyl (C=O) groups is 1. The summed E-state index contributed by atoms with van der Waals surface area (Å²) < 4.78 is 0. The van der Waals surface area contributed by atoms with Gasteiger partial charge in [-0.2, -0.15) is 0 Å². The molecule has 3 nitrogen and oxygen atoms in total. The molecule has 0 fully saturated rings. The molecule has 0 spiro atoms. The molecule has 1 aliphatic rings. The van der Waals surface area contributed by atoms with E-state index in [4.69, 9.17) is 11.6 Å². The molecule has 116 valence electrons. The van der Waals surface area contributed by atoms with Gasteiger partial charge in [-0.1, -0.05) is 54.1 Å². The average Bonchev–Trinajstić information content (AvgIpc) is 2.89. The molecule has 1 N–H and O–H groups in total. The van der Waals surface area contributed by atoms with Gasteiger partial charge in [-0.25, -0.2) is 4.99 Å². The second-order valence-corrected chi connectivity index (χ2v) is 5.90. The van der Waals surface area contributed by atoms with Crippen molar-refractivity contribution in [1.29, 1.82) is 0 Å². The highest BCUT2D eigenvalue weighted by Crippen LogP contribution is 2.20. The number of rotatable bonds is 4. The van der Waals surface area contributed by atoms with E-state index in [-0.39, 0.29) is 5.91 Å². The molecule has 2 aromatic carbocycles. The van der Waals surface area contributed by atoms with Crippen molar-refractivity contribution in [2.45, 2.75) is 19.8 Å². The largest absolute Gasteiger partial charge is 0.309 e. The van der Waals surface area contributed by atoms with Crippen molar-refractivity contribution in [1.82, 2.24) is 5.32 Å². The lowest BCUT2D eigenvalue weighted by Crippen LogP contribution is -2.24. The van der Waals surface area contributed by atoms with E-state index in [0.29, 0.717) is 23.0 Å². The average molecular weight is 325 g/mol. The Kier molecular flexibility index (Phi) is 4.58. The number of amidine groups is 1. The molecule has 4 heteroatoms. The molecule has 3 rings (SSSR count). The second-order valence-electron chi connectivity index (χ2n) is 5.49. The van der Waals surface area contributed by atoms with Crippen LogP contribution in [0.3, 0.4) is 0 Å². The summed E-state index contributed by atoms with van der Waals surface area (Å²) in [6.45, 7) is 2.09. The number of carbonyl (C=O) groups excluding carboxylic acids is 1. The molecule has 0 radical (unpaired) electrons. The summed E-state index contributed by atoms with van der Waals surface area (Å²) in [5.41, 5.74) is 3.72. The lowest BCUT2D eigenvalue weighted by atomic mass is 10.0. The number of hydrogen-bond donors (Lipinski definition) is 1. The minimum atomic E-state index is -0.176. The van der Waals surface area contributed by atoms with Gasteiger partial charge in [0.05, 0.1) is 0 Å². The molecule has 1 aliphatic heterocycles. The molecule has 0 bridgehead atoms. The predicted molar refractivity (Wildman–Crippen MR) is 94.5 cm³/mol. The highest BCUT2D eigenvalue weighted by Gasteiger charge is 2.20. The first-order chi connectivity index (χ1) is 11.1. The molecule has 2 aromatic rings. The van der Waals surface area contributed by atoms with Gasteiger partial charge in [-0.3, -0.25) is 4.79 Å². The van der Waals surface area contributed by atoms with Crippen LogP contribution in [0.5, 0.6) is 0 Å². The first kappa shape index (κ1) is 15.5. The van der Waals surface area contributed by atoms with Gasteiger partial charge >= 0.3 is 0 Å². The maximum Gasteiger partial charge on any atom is 0.275 e. The number of amides is 1. The van der Waals surface area contributed by atoms with E-state index in [2.05, 4.69) is 29.4 Å². The van der Waals surface area contributed by atoms with Crippen LogP contribution in [0.1, 0.15) is 23.1 Å². The van der Waals surface area contributed by atoms with Crippen LogP contribution < -0.4 is 5.32 Å². The van der Waals surface area contributed by atoms with Crippen LogP contribution in [0, 0.1) is 6.92 Å². The van der Waals surface area contributed by atoms with Crippen molar-refractivity contribution >= 4 is 29.4 Å². The Balaban J connectivity index is 1.74. The molecule has 1 amide bonds. The van der Waals surface area contributed by atoms with Crippen LogP contribution >= 0.6 is 11.6 Å². The topological polar surface area (TPSA) is 41.5 Å². The molecule has 1 heterocycles. The Morgan fingerprint density at radius 2 is 1.83 bits per heavy atom. The monoisotopic (exact) mass is 324 g/mol. The van der Waals surface area contributed by atoms with Crippen LogP contribution in [0.2, 0.25) is 5.02 Å². The summed E-state index contributed by atoms with van der Waals surface area (Å²) >= 11 is 6.12. The van der Waals surface area contributed by atoms with Crippen molar-refractivity contribution in [3.63, 3.8) is 0 Å². The smallest absolute Gasteiger partial charge is 0.275 e. The van der Waals surface area contributed by atoms with E-state index >= 15 is 0 Å². The fourth-order valence-electron chi connectivity index (χ4n) is 2.52. The third-order valence-electron chi connectivity index (χ3n) is 3.84. The van der Waals surface area contributed by atoms with E-state index in [1.807, 2.05) is 30.3 Å². The quantitative estimate of drug-likeness (QED) is 0.843. The Labute approximate surface area is 140 Å². The standard InChI is InChI=1S/C19H17ClN2O/c1-13-6-2-3-7-14(13)10-11-18-21-17(19(23)22-18)12-15-8-4-5-9-16(15)20/h2-9,12H,10-11H2,1H3,(H,21,22,23)/b17-12-. The predicted octanol–water partition coefficient (Wildman–Crippen LogP) is 4.15. The van der Waals surface area contributed by atoms with Crippen LogP contribution in [0.25, 0.3) is 6.08 Å². The van der Waals surface area contributed by atoms with Gasteiger partial charge < -0.3 is 5.32 Å². The number of hydrogen-bond acceptors (Lipinski definition) is 2. The third kappa shape index (κ3) is 3.69. The normalized spacial score (nSPS) is 15.7. The molecule has 0 saturated carbocycles. The van der Waals surface area contributed by atoms with Gasteiger partial charge in [-0.15, -0.1) is 0 Å². The fourth-order valence-corrected chi connectivity index (χ4v) is 2.71. The molecule has 0 saturated heterocycles. The van der Waals surface area contributed by atoms with E-state index in [9.17, 15) is 4.79 Å². The highest BCUT2D eigenvalue weighted by atomic mass is 35.5. The van der Waals surface area contributed by atoms with Crippen LogP contribution in [-0.4, -0.2) is 11.7 Å². The minimum Gasteiger partial charge on any atom is -0.309 e. The zero-order chi connectivity index (χ0) is 16.2. The summed E-state index contributed by atoms with van der Waals surface area (Å²) in [5, 5.41) is 3.44. The number of aliphatic imine (C=N–C) groups is 1. The zero-order valence-electron chi connectivity index (χ0n) is 12.8. The van der Waals surface area contributed by atoms with Crippen molar-refractivity contribution in [3.8, 4) is 0 Å². The Hall–Kier alpha value is -2.39. The Morgan fingerprint density at radius 1 is 1.09 bits per heavy atom. The second kappa shape index (κ2) is 6.80. The van der Waals surface area contributed by atoms with Crippen molar-refractivity contribution in [2.24, 2.45) is 4.99 Å². The molecular formula is C19H17ClN2O. The van der Waals surface area contributed by atoms with Crippen LogP contribution in [0.15, 0.2) is 59.2 Å². The Bertz CT molecular complexity index is 809. The summed E-state index contributed by atoms with van der Waals surface area (Å²) in [6, 6.07) is 15.6. The lowest BCUT2D eigenvalue weighted by Gasteiger charge is -2.04. The fraction of sp³-hybridized carbons (Fsp3) is 0.158. The Morgan fingerprint density at radius 3 is 2.61 bits per heavy atom. The molecule has 0 aliphatic carbocycles. The SMILES string of the molecule is Cc1ccccc1CCC1=N/C(=C\c2ccccc2Cl)C(=O)N1. The third-order valence-corrected chi connectivity index (χ3v) is 4.18. The number of benzene rings is 2. The van der Waals surface area contributed by atoms with Gasteiger partial charge in [0.25, 0.3) is 5.91 Å². The van der Waals surface area contributed by atoms with E-state index in [1.54, 1.807) is 12.1 Å². The van der Waals surface area contributed by atoms with Gasteiger partial charge in [0, 0.05) is 11.4 Å². The number of aryl methyl sites for hydroxylation is 2. The maximum absolute atomic E-state index is 12.0. The van der Waals surface area contributed by atoms with Crippen molar-refractivity contribution < 1.29 is 4.79 Å². The summed E-state index contributed by atoms with van der Waals surface area (Å²) in [4.78, 5) is 16.5. The van der Waals surface area contributed by atoms with Crippen LogP contribution in [-0.2, 0) is 11.2 Å². The van der Waals surface area contributed by atoms with E-state index in [0.717, 1.165) is 12.0 Å². The number of nitrogens with one attached hydrogen (secondary N) is 1. The van der Waals surface area contributed by atoms with Crippen molar-refractivity contribution in [3.05, 3.63) is 75.9 Å². The highest BCUT2D eigenvalue weighted by molar-refractivity contribution is 6.32. The molecule has 0 aromatic heterocycles. The van der Waals surface area contributed by atoms with Crippen LogP contribution in [0.4, 0.5) is 0 Å². The van der Waals surface area contributed by atoms with Gasteiger partial charge in [0.15, 0.2) is 0 Å². The number of halogens is 1. The van der Waals surface area contributed by atoms with Crippen molar-refractivity contribution in [2.75, 3.05) is 0 Å². The zero-order valence-corrected chi connectivity index (χ0v) is 13.6.